The van der Waals surface area contributed by atoms with E-state index in [1.807, 2.05) is 18.7 Å². The van der Waals surface area contributed by atoms with Crippen LogP contribution in [0, 0.1) is 11.6 Å². The lowest BCUT2D eigenvalue weighted by molar-refractivity contribution is -0.125. The fourth-order valence-corrected chi connectivity index (χ4v) is 3.97. The van der Waals surface area contributed by atoms with Crippen molar-refractivity contribution in [1.82, 2.24) is 20.4 Å². The molecule has 0 radical (unpaired) electrons. The molecule has 2 aromatic rings. The van der Waals surface area contributed by atoms with E-state index in [0.29, 0.717) is 26.2 Å². The molecule has 6 nitrogen and oxygen atoms in total. The summed E-state index contributed by atoms with van der Waals surface area (Å²) in [6.45, 7) is 8.00. The number of carbonyl (C=O) groups excluding carboxylic acids is 2. The maximum absolute atomic E-state index is 13.5. The maximum atomic E-state index is 13.5. The van der Waals surface area contributed by atoms with Gasteiger partial charge in [0.25, 0.3) is 0 Å². The van der Waals surface area contributed by atoms with E-state index in [0.717, 1.165) is 11.1 Å². The fraction of sp³-hybridized carbons (Fsp3) is 0.417. The predicted octanol–water partition coefficient (Wildman–Crippen LogP) is 3.29. The first-order valence-electron chi connectivity index (χ1n) is 10.8. The minimum Gasteiger partial charge on any atom is -0.336 e. The third kappa shape index (κ3) is 6.11. The molecule has 32 heavy (non-hydrogen) atoms. The van der Waals surface area contributed by atoms with E-state index in [4.69, 9.17) is 0 Å². The molecule has 1 saturated heterocycles. The highest BCUT2D eigenvalue weighted by molar-refractivity contribution is 5.96. The summed E-state index contributed by atoms with van der Waals surface area (Å²) in [7, 11) is 0. The van der Waals surface area contributed by atoms with E-state index in [9.17, 15) is 18.4 Å². The SMILES string of the molecule is CC(C)NC(=O)NC(=O)C(C)N1CCN(C(c2ccc(F)cc2)c2ccc(F)cc2)CC1. The Labute approximate surface area is 187 Å². The van der Waals surface area contributed by atoms with Gasteiger partial charge < -0.3 is 5.32 Å². The second kappa shape index (κ2) is 10.7. The number of halogens is 2. The summed E-state index contributed by atoms with van der Waals surface area (Å²) >= 11 is 0. The van der Waals surface area contributed by atoms with Crippen molar-refractivity contribution in [2.24, 2.45) is 0 Å². The first-order chi connectivity index (χ1) is 15.2. The molecule has 0 bridgehead atoms. The molecule has 0 aromatic heterocycles. The standard InChI is InChI=1S/C24H30F2N4O2/c1-16(2)27-24(32)28-23(31)17(3)29-12-14-30(15-13-29)22(18-4-8-20(25)9-5-18)19-6-10-21(26)11-7-19/h4-11,16-17,22H,12-15H2,1-3H3,(H2,27,28,31,32). The van der Waals surface area contributed by atoms with Gasteiger partial charge in [-0.05, 0) is 56.2 Å². The molecule has 0 aliphatic carbocycles. The second-order valence-corrected chi connectivity index (χ2v) is 8.37. The molecule has 1 fully saturated rings. The van der Waals surface area contributed by atoms with Crippen molar-refractivity contribution < 1.29 is 18.4 Å². The number of amides is 3. The molecular formula is C24H30F2N4O2. The van der Waals surface area contributed by atoms with Crippen LogP contribution < -0.4 is 10.6 Å². The Balaban J connectivity index is 1.68. The maximum Gasteiger partial charge on any atom is 0.321 e. The highest BCUT2D eigenvalue weighted by atomic mass is 19.1. The van der Waals surface area contributed by atoms with E-state index in [1.54, 1.807) is 31.2 Å². The first-order valence-corrected chi connectivity index (χ1v) is 10.8. The minimum atomic E-state index is -0.497. The Morgan fingerprint density at radius 1 is 0.781 bits per heavy atom. The van der Waals surface area contributed by atoms with Crippen LogP contribution in [0.25, 0.3) is 0 Å². The molecule has 1 aliphatic heterocycles. The number of imide groups is 1. The zero-order valence-electron chi connectivity index (χ0n) is 18.6. The number of nitrogens with one attached hydrogen (secondary N) is 2. The number of nitrogens with zero attached hydrogens (tertiary/aromatic N) is 2. The lowest BCUT2D eigenvalue weighted by Gasteiger charge is -2.41. The number of benzene rings is 2. The van der Waals surface area contributed by atoms with E-state index in [2.05, 4.69) is 15.5 Å². The van der Waals surface area contributed by atoms with Crippen molar-refractivity contribution in [3.63, 3.8) is 0 Å². The van der Waals surface area contributed by atoms with Crippen LogP contribution in [0.4, 0.5) is 13.6 Å². The lowest BCUT2D eigenvalue weighted by atomic mass is 9.96. The number of carbonyl (C=O) groups is 2. The zero-order valence-corrected chi connectivity index (χ0v) is 18.6. The average Bonchev–Trinajstić information content (AvgIpc) is 2.76. The van der Waals surface area contributed by atoms with Gasteiger partial charge in [-0.1, -0.05) is 24.3 Å². The Morgan fingerprint density at radius 2 is 1.22 bits per heavy atom. The van der Waals surface area contributed by atoms with E-state index >= 15 is 0 Å². The summed E-state index contributed by atoms with van der Waals surface area (Å²) in [5, 5.41) is 5.04. The minimum absolute atomic E-state index is 0.0588. The van der Waals surface area contributed by atoms with Crippen molar-refractivity contribution >= 4 is 11.9 Å². The summed E-state index contributed by atoms with van der Waals surface area (Å²) in [5.74, 6) is -0.958. The van der Waals surface area contributed by atoms with Crippen LogP contribution >= 0.6 is 0 Å². The number of rotatable bonds is 6. The highest BCUT2D eigenvalue weighted by Crippen LogP contribution is 2.30. The largest absolute Gasteiger partial charge is 0.336 e. The van der Waals surface area contributed by atoms with Crippen molar-refractivity contribution in [3.05, 3.63) is 71.3 Å². The molecule has 2 aromatic carbocycles. The van der Waals surface area contributed by atoms with Gasteiger partial charge in [-0.2, -0.15) is 0 Å². The molecule has 172 valence electrons. The van der Waals surface area contributed by atoms with Crippen LogP contribution in [-0.4, -0.2) is 60.0 Å². The van der Waals surface area contributed by atoms with Crippen molar-refractivity contribution in [3.8, 4) is 0 Å². The summed E-state index contributed by atoms with van der Waals surface area (Å²) in [5.41, 5.74) is 1.84. The topological polar surface area (TPSA) is 64.7 Å². The average molecular weight is 445 g/mol. The van der Waals surface area contributed by atoms with E-state index in [1.165, 1.54) is 24.3 Å². The lowest BCUT2D eigenvalue weighted by Crippen LogP contribution is -2.56. The van der Waals surface area contributed by atoms with Gasteiger partial charge in [0, 0.05) is 32.2 Å². The third-order valence-electron chi connectivity index (χ3n) is 5.67. The molecule has 8 heteroatoms. The zero-order chi connectivity index (χ0) is 23.3. The fourth-order valence-electron chi connectivity index (χ4n) is 3.97. The van der Waals surface area contributed by atoms with Gasteiger partial charge in [0.2, 0.25) is 5.91 Å². The van der Waals surface area contributed by atoms with Gasteiger partial charge in [-0.25, -0.2) is 13.6 Å². The first kappa shape index (κ1) is 23.8. The van der Waals surface area contributed by atoms with Crippen LogP contribution in [0.15, 0.2) is 48.5 Å². The third-order valence-corrected chi connectivity index (χ3v) is 5.67. The van der Waals surface area contributed by atoms with Gasteiger partial charge in [0.1, 0.15) is 11.6 Å². The molecule has 0 spiro atoms. The van der Waals surface area contributed by atoms with Crippen molar-refractivity contribution in [1.29, 1.82) is 0 Å². The molecule has 1 unspecified atom stereocenters. The molecule has 3 amide bonds. The molecule has 1 heterocycles. The molecule has 0 saturated carbocycles. The quantitative estimate of drug-likeness (QED) is 0.718. The van der Waals surface area contributed by atoms with Gasteiger partial charge in [0.05, 0.1) is 12.1 Å². The summed E-state index contributed by atoms with van der Waals surface area (Å²) < 4.78 is 27.0. The van der Waals surface area contributed by atoms with Crippen LogP contribution in [-0.2, 0) is 4.79 Å². The van der Waals surface area contributed by atoms with Crippen LogP contribution in [0.3, 0.4) is 0 Å². The number of urea groups is 1. The Morgan fingerprint density at radius 3 is 1.66 bits per heavy atom. The molecular weight excluding hydrogens is 414 g/mol. The van der Waals surface area contributed by atoms with Crippen molar-refractivity contribution in [2.75, 3.05) is 26.2 Å². The second-order valence-electron chi connectivity index (χ2n) is 8.37. The van der Waals surface area contributed by atoms with E-state index < -0.39 is 12.1 Å². The number of hydrogen-bond donors (Lipinski definition) is 2. The van der Waals surface area contributed by atoms with Crippen molar-refractivity contribution in [2.45, 2.75) is 38.9 Å². The molecule has 1 atom stereocenters. The predicted molar refractivity (Wildman–Crippen MR) is 119 cm³/mol. The van der Waals surface area contributed by atoms with E-state index in [-0.39, 0.29) is 29.6 Å². The van der Waals surface area contributed by atoms with Gasteiger partial charge in [0.15, 0.2) is 0 Å². The smallest absolute Gasteiger partial charge is 0.321 e. The summed E-state index contributed by atoms with van der Waals surface area (Å²) in [6, 6.07) is 11.5. The number of hydrogen-bond acceptors (Lipinski definition) is 4. The molecule has 3 rings (SSSR count). The Hall–Kier alpha value is -2.84. The highest BCUT2D eigenvalue weighted by Gasteiger charge is 2.30. The summed E-state index contributed by atoms with van der Waals surface area (Å²) in [4.78, 5) is 28.6. The van der Waals surface area contributed by atoms with Crippen LogP contribution in [0.2, 0.25) is 0 Å². The molecule has 2 N–H and O–H groups in total. The van der Waals surface area contributed by atoms with Crippen LogP contribution in [0.5, 0.6) is 0 Å². The Kier molecular flexibility index (Phi) is 7.93. The van der Waals surface area contributed by atoms with Gasteiger partial charge in [-0.3, -0.25) is 19.9 Å². The normalized spacial score (nSPS) is 16.2. The monoisotopic (exact) mass is 444 g/mol. The number of piperazine rings is 1. The Bertz CT molecular complexity index is 865. The summed E-state index contributed by atoms with van der Waals surface area (Å²) in [6.07, 6.45) is 0. The van der Waals surface area contributed by atoms with Crippen LogP contribution in [0.1, 0.15) is 37.9 Å². The van der Waals surface area contributed by atoms with Gasteiger partial charge >= 0.3 is 6.03 Å². The molecule has 1 aliphatic rings. The van der Waals surface area contributed by atoms with Gasteiger partial charge in [-0.15, -0.1) is 0 Å².